The van der Waals surface area contributed by atoms with Gasteiger partial charge in [-0.3, -0.25) is 0 Å². The highest BCUT2D eigenvalue weighted by Gasteiger charge is 2.31. The van der Waals surface area contributed by atoms with Gasteiger partial charge in [-0.2, -0.15) is 5.26 Å². The minimum Gasteiger partial charge on any atom is -0.406 e. The quantitative estimate of drug-likeness (QED) is 0.852. The Morgan fingerprint density at radius 2 is 1.85 bits per heavy atom. The van der Waals surface area contributed by atoms with E-state index in [4.69, 9.17) is 11.0 Å². The Kier molecular flexibility index (Phi) is 3.53. The average molecular weight is 278 g/mol. The predicted molar refractivity (Wildman–Crippen MR) is 67.7 cm³/mol. The maximum Gasteiger partial charge on any atom is 0.573 e. The molecule has 0 fully saturated rings. The van der Waals surface area contributed by atoms with Gasteiger partial charge in [-0.05, 0) is 35.9 Å². The van der Waals surface area contributed by atoms with Crippen LogP contribution < -0.4 is 10.5 Å². The average Bonchev–Trinajstić information content (AvgIpc) is 2.37. The predicted octanol–water partition coefficient (Wildman–Crippen LogP) is 3.71. The summed E-state index contributed by atoms with van der Waals surface area (Å²) in [5.74, 6) is -0.336. The fourth-order valence-corrected chi connectivity index (χ4v) is 1.74. The highest BCUT2D eigenvalue weighted by atomic mass is 19.4. The molecule has 0 atom stereocenters. The number of nitrogens with two attached hydrogens (primary N) is 1. The smallest absolute Gasteiger partial charge is 0.406 e. The molecule has 0 bridgehead atoms. The van der Waals surface area contributed by atoms with Gasteiger partial charge in [0.15, 0.2) is 0 Å². The molecule has 0 radical (unpaired) electrons. The molecule has 0 spiro atoms. The first-order chi connectivity index (χ1) is 9.39. The molecule has 2 N–H and O–H groups in total. The summed E-state index contributed by atoms with van der Waals surface area (Å²) < 4.78 is 40.4. The largest absolute Gasteiger partial charge is 0.573 e. The van der Waals surface area contributed by atoms with Crippen molar-refractivity contribution >= 4 is 5.69 Å². The molecular weight excluding hydrogens is 269 g/mol. The van der Waals surface area contributed by atoms with Crippen LogP contribution in [0.5, 0.6) is 5.75 Å². The summed E-state index contributed by atoms with van der Waals surface area (Å²) in [5, 5.41) is 8.84. The van der Waals surface area contributed by atoms with Crippen molar-refractivity contribution in [3.05, 3.63) is 48.0 Å². The molecule has 0 aromatic heterocycles. The van der Waals surface area contributed by atoms with E-state index < -0.39 is 6.36 Å². The third-order valence-corrected chi connectivity index (χ3v) is 2.56. The van der Waals surface area contributed by atoms with Gasteiger partial charge >= 0.3 is 6.36 Å². The van der Waals surface area contributed by atoms with Crippen molar-refractivity contribution in [2.75, 3.05) is 5.73 Å². The molecule has 0 aliphatic heterocycles. The normalized spacial score (nSPS) is 10.9. The zero-order chi connectivity index (χ0) is 14.8. The lowest BCUT2D eigenvalue weighted by Gasteiger charge is -2.11. The van der Waals surface area contributed by atoms with Crippen LogP contribution in [0.25, 0.3) is 11.1 Å². The first kappa shape index (κ1) is 13.7. The van der Waals surface area contributed by atoms with Gasteiger partial charge in [0.1, 0.15) is 5.75 Å². The molecule has 0 saturated heterocycles. The number of alkyl halides is 3. The minimum absolute atomic E-state index is 0.336. The van der Waals surface area contributed by atoms with Gasteiger partial charge in [-0.1, -0.05) is 12.1 Å². The second-order valence-corrected chi connectivity index (χ2v) is 3.99. The van der Waals surface area contributed by atoms with Crippen molar-refractivity contribution in [1.82, 2.24) is 0 Å². The molecule has 2 aromatic carbocycles. The zero-order valence-corrected chi connectivity index (χ0v) is 10.1. The van der Waals surface area contributed by atoms with Crippen LogP contribution >= 0.6 is 0 Å². The Hall–Kier alpha value is -2.68. The maximum absolute atomic E-state index is 12.2. The van der Waals surface area contributed by atoms with Crippen LogP contribution in [-0.4, -0.2) is 6.36 Å². The standard InChI is InChI=1S/C14H9F3N2O/c15-14(16,17)20-11-3-1-2-10(7-11)12-6-9(8-18)4-5-13(12)19/h1-7H,19H2. The van der Waals surface area contributed by atoms with Gasteiger partial charge in [0.05, 0.1) is 11.6 Å². The number of benzene rings is 2. The van der Waals surface area contributed by atoms with Crippen LogP contribution in [0.3, 0.4) is 0 Å². The topological polar surface area (TPSA) is 59.0 Å². The Labute approximate surface area is 113 Å². The third kappa shape index (κ3) is 3.20. The SMILES string of the molecule is N#Cc1ccc(N)c(-c2cccc(OC(F)(F)F)c2)c1. The first-order valence-corrected chi connectivity index (χ1v) is 5.55. The fourth-order valence-electron chi connectivity index (χ4n) is 1.74. The number of hydrogen-bond donors (Lipinski definition) is 1. The van der Waals surface area contributed by atoms with Crippen molar-refractivity contribution in [2.45, 2.75) is 6.36 Å². The van der Waals surface area contributed by atoms with Crippen LogP contribution in [0, 0.1) is 11.3 Å². The fraction of sp³-hybridized carbons (Fsp3) is 0.0714. The maximum atomic E-state index is 12.2. The van der Waals surface area contributed by atoms with E-state index in [0.29, 0.717) is 22.4 Å². The van der Waals surface area contributed by atoms with Gasteiger partial charge in [0, 0.05) is 11.3 Å². The lowest BCUT2D eigenvalue weighted by atomic mass is 10.0. The monoisotopic (exact) mass is 278 g/mol. The van der Waals surface area contributed by atoms with Crippen molar-refractivity contribution in [1.29, 1.82) is 5.26 Å². The molecule has 20 heavy (non-hydrogen) atoms. The van der Waals surface area contributed by atoms with E-state index in [2.05, 4.69) is 4.74 Å². The molecule has 0 amide bonds. The molecule has 0 aliphatic carbocycles. The van der Waals surface area contributed by atoms with E-state index in [1.54, 1.807) is 6.07 Å². The molecule has 6 heteroatoms. The lowest BCUT2D eigenvalue weighted by molar-refractivity contribution is -0.274. The van der Waals surface area contributed by atoms with Crippen molar-refractivity contribution in [3.8, 4) is 22.9 Å². The Bertz CT molecular complexity index is 675. The summed E-state index contributed by atoms with van der Waals surface area (Å²) in [6, 6.07) is 12.0. The Morgan fingerprint density at radius 3 is 2.50 bits per heavy atom. The Balaban J connectivity index is 2.44. The summed E-state index contributed by atoms with van der Waals surface area (Å²) in [6.07, 6.45) is -4.75. The Morgan fingerprint density at radius 1 is 1.10 bits per heavy atom. The third-order valence-electron chi connectivity index (χ3n) is 2.56. The number of halogens is 3. The van der Waals surface area contributed by atoms with Crippen LogP contribution in [-0.2, 0) is 0 Å². The molecule has 2 aromatic rings. The van der Waals surface area contributed by atoms with Crippen LogP contribution in [0.4, 0.5) is 18.9 Å². The van der Waals surface area contributed by atoms with Gasteiger partial charge in [-0.15, -0.1) is 13.2 Å². The number of nitrogens with zero attached hydrogens (tertiary/aromatic N) is 1. The summed E-state index contributed by atoms with van der Waals surface area (Å²) in [5.41, 5.74) is 7.45. The molecule has 0 aliphatic rings. The van der Waals surface area contributed by atoms with E-state index in [1.165, 1.54) is 36.4 Å². The summed E-state index contributed by atoms with van der Waals surface area (Å²) in [6.45, 7) is 0. The van der Waals surface area contributed by atoms with E-state index in [1.807, 2.05) is 6.07 Å². The van der Waals surface area contributed by atoms with Crippen LogP contribution in [0.2, 0.25) is 0 Å². The van der Waals surface area contributed by atoms with Gasteiger partial charge < -0.3 is 10.5 Å². The second-order valence-electron chi connectivity index (χ2n) is 3.99. The molecule has 0 saturated carbocycles. The van der Waals surface area contributed by atoms with Gasteiger partial charge in [0.25, 0.3) is 0 Å². The van der Waals surface area contributed by atoms with Crippen LogP contribution in [0.15, 0.2) is 42.5 Å². The first-order valence-electron chi connectivity index (χ1n) is 5.55. The number of nitriles is 1. The second kappa shape index (κ2) is 5.13. The highest BCUT2D eigenvalue weighted by molar-refractivity contribution is 5.78. The number of rotatable bonds is 2. The molecular formula is C14H9F3N2O. The number of anilines is 1. The van der Waals surface area contributed by atoms with E-state index in [0.717, 1.165) is 0 Å². The van der Waals surface area contributed by atoms with E-state index in [9.17, 15) is 13.2 Å². The van der Waals surface area contributed by atoms with E-state index >= 15 is 0 Å². The van der Waals surface area contributed by atoms with E-state index in [-0.39, 0.29) is 5.75 Å². The molecule has 0 heterocycles. The van der Waals surface area contributed by atoms with Crippen molar-refractivity contribution < 1.29 is 17.9 Å². The minimum atomic E-state index is -4.75. The summed E-state index contributed by atoms with van der Waals surface area (Å²) >= 11 is 0. The highest BCUT2D eigenvalue weighted by Crippen LogP contribution is 2.31. The van der Waals surface area contributed by atoms with Gasteiger partial charge in [0.2, 0.25) is 0 Å². The summed E-state index contributed by atoms with van der Waals surface area (Å²) in [7, 11) is 0. The molecule has 2 rings (SSSR count). The number of nitrogen functional groups attached to an aromatic ring is 1. The van der Waals surface area contributed by atoms with Gasteiger partial charge in [-0.25, -0.2) is 0 Å². The number of ether oxygens (including phenoxy) is 1. The molecule has 102 valence electrons. The van der Waals surface area contributed by atoms with Crippen molar-refractivity contribution in [3.63, 3.8) is 0 Å². The van der Waals surface area contributed by atoms with Crippen LogP contribution in [0.1, 0.15) is 5.56 Å². The zero-order valence-electron chi connectivity index (χ0n) is 10.1. The molecule has 0 unspecified atom stereocenters. The lowest BCUT2D eigenvalue weighted by Crippen LogP contribution is -2.17. The summed E-state index contributed by atoms with van der Waals surface area (Å²) in [4.78, 5) is 0. The molecule has 3 nitrogen and oxygen atoms in total. The van der Waals surface area contributed by atoms with Crippen molar-refractivity contribution in [2.24, 2.45) is 0 Å². The number of hydrogen-bond acceptors (Lipinski definition) is 3.